The van der Waals surface area contributed by atoms with Gasteiger partial charge in [-0.25, -0.2) is 9.97 Å². The molecule has 0 unspecified atom stereocenters. The van der Waals surface area contributed by atoms with E-state index in [1.54, 1.807) is 0 Å². The van der Waals surface area contributed by atoms with E-state index in [1.165, 1.54) is 0 Å². The first-order valence-electron chi connectivity index (χ1n) is 7.00. The van der Waals surface area contributed by atoms with Crippen molar-refractivity contribution in [3.63, 3.8) is 0 Å². The molecule has 0 spiro atoms. The van der Waals surface area contributed by atoms with Crippen LogP contribution < -0.4 is 0 Å². The van der Waals surface area contributed by atoms with Crippen LogP contribution in [-0.4, -0.2) is 14.5 Å². The van der Waals surface area contributed by atoms with Gasteiger partial charge >= 0.3 is 0 Å². The maximum Gasteiger partial charge on any atom is 0.160 e. The van der Waals surface area contributed by atoms with Gasteiger partial charge in [-0.15, -0.1) is 11.6 Å². The van der Waals surface area contributed by atoms with Gasteiger partial charge in [-0.2, -0.15) is 0 Å². The lowest BCUT2D eigenvalue weighted by Gasteiger charge is -2.26. The quantitative estimate of drug-likeness (QED) is 0.715. The molecule has 20 heavy (non-hydrogen) atoms. The fourth-order valence-electron chi connectivity index (χ4n) is 2.73. The van der Waals surface area contributed by atoms with E-state index in [-0.39, 0.29) is 0 Å². The molecule has 5 heteroatoms. The Labute approximate surface area is 133 Å². The van der Waals surface area contributed by atoms with Gasteiger partial charge in [-0.3, -0.25) is 0 Å². The van der Waals surface area contributed by atoms with E-state index in [0.29, 0.717) is 23.6 Å². The highest BCUT2D eigenvalue weighted by atomic mass is 79.9. The summed E-state index contributed by atoms with van der Waals surface area (Å²) < 4.78 is 3.12. The Morgan fingerprint density at radius 2 is 1.90 bits per heavy atom. The van der Waals surface area contributed by atoms with Gasteiger partial charge in [-0.1, -0.05) is 27.7 Å². The van der Waals surface area contributed by atoms with Crippen LogP contribution in [0.1, 0.15) is 33.5 Å². The van der Waals surface area contributed by atoms with Gasteiger partial charge in [0.2, 0.25) is 0 Å². The van der Waals surface area contributed by atoms with Gasteiger partial charge in [0.1, 0.15) is 11.3 Å². The number of alkyl halides is 1. The smallest absolute Gasteiger partial charge is 0.160 e. The predicted molar refractivity (Wildman–Crippen MR) is 88.0 cm³/mol. The van der Waals surface area contributed by atoms with Crippen LogP contribution >= 0.6 is 27.5 Å². The number of pyridine rings is 1. The van der Waals surface area contributed by atoms with Gasteiger partial charge in [0.05, 0.1) is 5.88 Å². The van der Waals surface area contributed by atoms with E-state index in [4.69, 9.17) is 11.6 Å². The maximum atomic E-state index is 6.06. The molecule has 0 aromatic carbocycles. The third-order valence-electron chi connectivity index (χ3n) is 3.86. The van der Waals surface area contributed by atoms with Crippen LogP contribution in [0.25, 0.3) is 11.2 Å². The molecule has 2 aromatic heterocycles. The Balaban J connectivity index is 2.46. The molecule has 0 aliphatic carbocycles. The number of imidazole rings is 1. The van der Waals surface area contributed by atoms with Crippen molar-refractivity contribution in [1.29, 1.82) is 0 Å². The van der Waals surface area contributed by atoms with Crippen molar-refractivity contribution in [2.24, 2.45) is 17.8 Å². The van der Waals surface area contributed by atoms with Crippen molar-refractivity contribution in [2.75, 3.05) is 0 Å². The highest BCUT2D eigenvalue weighted by molar-refractivity contribution is 9.10. The summed E-state index contributed by atoms with van der Waals surface area (Å²) in [4.78, 5) is 9.12. The van der Waals surface area contributed by atoms with E-state index >= 15 is 0 Å². The SMILES string of the molecule is CC(C)C(Cn1c(CCl)nc2cc(Br)cnc21)C(C)C. The first kappa shape index (κ1) is 15.8. The fraction of sp³-hybridized carbons (Fsp3) is 0.600. The molecule has 0 aliphatic heterocycles. The van der Waals surface area contributed by atoms with Crippen molar-refractivity contribution < 1.29 is 0 Å². The van der Waals surface area contributed by atoms with Crippen LogP contribution in [-0.2, 0) is 12.4 Å². The zero-order chi connectivity index (χ0) is 14.9. The summed E-state index contributed by atoms with van der Waals surface area (Å²) in [5.74, 6) is 3.13. The molecule has 2 aromatic rings. The van der Waals surface area contributed by atoms with E-state index in [9.17, 15) is 0 Å². The van der Waals surface area contributed by atoms with Gasteiger partial charge < -0.3 is 4.57 Å². The highest BCUT2D eigenvalue weighted by Gasteiger charge is 2.21. The Morgan fingerprint density at radius 3 is 2.45 bits per heavy atom. The molecule has 3 nitrogen and oxygen atoms in total. The summed E-state index contributed by atoms with van der Waals surface area (Å²) in [5, 5.41) is 0. The molecule has 2 rings (SSSR count). The van der Waals surface area contributed by atoms with Crippen LogP contribution in [0.3, 0.4) is 0 Å². The van der Waals surface area contributed by atoms with Gasteiger partial charge in [0.25, 0.3) is 0 Å². The molecular weight excluding hydrogens is 338 g/mol. The topological polar surface area (TPSA) is 30.7 Å². The van der Waals surface area contributed by atoms with Gasteiger partial charge in [-0.05, 0) is 39.8 Å². The molecule has 0 radical (unpaired) electrons. The normalized spacial score (nSPS) is 12.2. The van der Waals surface area contributed by atoms with E-state index < -0.39 is 0 Å². The number of hydrogen-bond acceptors (Lipinski definition) is 2. The highest BCUT2D eigenvalue weighted by Crippen LogP contribution is 2.26. The molecule has 0 saturated heterocycles. The number of fused-ring (bicyclic) bond motifs is 1. The van der Waals surface area contributed by atoms with E-state index in [0.717, 1.165) is 28.0 Å². The van der Waals surface area contributed by atoms with E-state index in [2.05, 4.69) is 58.2 Å². The second-order valence-corrected chi connectivity index (χ2v) is 7.10. The zero-order valence-electron chi connectivity index (χ0n) is 12.4. The van der Waals surface area contributed by atoms with Crippen LogP contribution in [0.4, 0.5) is 0 Å². The van der Waals surface area contributed by atoms with Crippen LogP contribution in [0.15, 0.2) is 16.7 Å². The summed E-state index contributed by atoms with van der Waals surface area (Å²) in [6.45, 7) is 10.0. The Bertz CT molecular complexity index is 584. The third-order valence-corrected chi connectivity index (χ3v) is 4.53. The third kappa shape index (κ3) is 3.17. The molecule has 0 amide bonds. The largest absolute Gasteiger partial charge is 0.311 e. The minimum Gasteiger partial charge on any atom is -0.311 e. The second-order valence-electron chi connectivity index (χ2n) is 5.92. The summed E-state index contributed by atoms with van der Waals surface area (Å²) in [5.41, 5.74) is 1.83. The number of aromatic nitrogens is 3. The predicted octanol–water partition coefficient (Wildman–Crippen LogP) is 4.86. The maximum absolute atomic E-state index is 6.06. The Morgan fingerprint density at radius 1 is 1.25 bits per heavy atom. The van der Waals surface area contributed by atoms with Crippen molar-refractivity contribution in [1.82, 2.24) is 14.5 Å². The second kappa shape index (κ2) is 6.44. The summed E-state index contributed by atoms with van der Waals surface area (Å²) in [6, 6.07) is 1.99. The zero-order valence-corrected chi connectivity index (χ0v) is 14.7. The number of halogens is 2. The minimum atomic E-state index is 0.414. The molecule has 0 fully saturated rings. The monoisotopic (exact) mass is 357 g/mol. The lowest BCUT2D eigenvalue weighted by atomic mass is 9.85. The molecule has 0 aliphatic rings. The molecular formula is C15H21BrClN3. The Hall–Kier alpha value is -0.610. The number of hydrogen-bond donors (Lipinski definition) is 0. The standard InChI is InChI=1S/C15H21BrClN3/c1-9(2)12(10(3)4)8-20-14(6-17)19-13-5-11(16)7-18-15(13)20/h5,7,9-10,12H,6,8H2,1-4H3. The number of rotatable bonds is 5. The number of nitrogens with zero attached hydrogens (tertiary/aromatic N) is 3. The summed E-state index contributed by atoms with van der Waals surface area (Å²) in [7, 11) is 0. The van der Waals surface area contributed by atoms with Crippen molar-refractivity contribution in [3.05, 3.63) is 22.6 Å². The molecule has 0 saturated carbocycles. The van der Waals surface area contributed by atoms with Crippen molar-refractivity contribution in [2.45, 2.75) is 40.1 Å². The lowest BCUT2D eigenvalue weighted by molar-refractivity contribution is 0.252. The summed E-state index contributed by atoms with van der Waals surface area (Å²) >= 11 is 9.50. The molecule has 110 valence electrons. The van der Waals surface area contributed by atoms with Crippen LogP contribution in [0.2, 0.25) is 0 Å². The average Bonchev–Trinajstić information content (AvgIpc) is 2.71. The van der Waals surface area contributed by atoms with Crippen LogP contribution in [0.5, 0.6) is 0 Å². The van der Waals surface area contributed by atoms with Gasteiger partial charge in [0, 0.05) is 17.2 Å². The first-order valence-corrected chi connectivity index (χ1v) is 8.33. The van der Waals surface area contributed by atoms with Crippen molar-refractivity contribution >= 4 is 38.7 Å². The molecule has 0 N–H and O–H groups in total. The molecule has 2 heterocycles. The first-order chi connectivity index (χ1) is 9.43. The van der Waals surface area contributed by atoms with Gasteiger partial charge in [0.15, 0.2) is 5.65 Å². The average molecular weight is 359 g/mol. The molecule has 0 atom stereocenters. The fourth-order valence-corrected chi connectivity index (χ4v) is 3.25. The summed E-state index contributed by atoms with van der Waals surface area (Å²) in [6.07, 6.45) is 1.82. The lowest BCUT2D eigenvalue weighted by Crippen LogP contribution is -2.23. The molecule has 0 bridgehead atoms. The van der Waals surface area contributed by atoms with Crippen LogP contribution in [0, 0.1) is 17.8 Å². The van der Waals surface area contributed by atoms with E-state index in [1.807, 2.05) is 12.3 Å². The minimum absolute atomic E-state index is 0.414. The Kier molecular flexibility index (Phi) is 5.08. The van der Waals surface area contributed by atoms with Crippen molar-refractivity contribution in [3.8, 4) is 0 Å².